The van der Waals surface area contributed by atoms with Gasteiger partial charge in [-0.1, -0.05) is 60.7 Å². The number of benzene rings is 2. The fraction of sp³-hybridized carbons (Fsp3) is 0.312. The maximum Gasteiger partial charge on any atom is 0.286 e. The van der Waals surface area contributed by atoms with Crippen LogP contribution in [0.5, 0.6) is 0 Å². The van der Waals surface area contributed by atoms with Gasteiger partial charge < -0.3 is 10.4 Å². The lowest BCUT2D eigenvalue weighted by atomic mass is 10.00. The van der Waals surface area contributed by atoms with Gasteiger partial charge in [-0.15, -0.1) is 0 Å². The Kier molecular flexibility index (Phi) is 9.34. The number of likely N-dealkylation sites (tertiary alicyclic amines) is 1. The minimum absolute atomic E-state index is 0.0801. The van der Waals surface area contributed by atoms with Crippen molar-refractivity contribution in [3.8, 4) is 0 Å². The first-order chi connectivity index (χ1) is 20.7. The van der Waals surface area contributed by atoms with Gasteiger partial charge in [0.25, 0.3) is 10.0 Å². The second-order valence-electron chi connectivity index (χ2n) is 10.8. The molecule has 1 atom stereocenters. The molecule has 1 aliphatic rings. The summed E-state index contributed by atoms with van der Waals surface area (Å²) in [4.78, 5) is 10.2. The third-order valence-corrected chi connectivity index (χ3v) is 9.64. The Morgan fingerprint density at radius 2 is 1.67 bits per heavy atom. The summed E-state index contributed by atoms with van der Waals surface area (Å²) in [7, 11) is -4.60. The molecule has 0 radical (unpaired) electrons. The van der Waals surface area contributed by atoms with E-state index in [0.29, 0.717) is 16.8 Å². The Morgan fingerprint density at radius 1 is 1.00 bits per heavy atom. The van der Waals surface area contributed by atoms with Crippen LogP contribution >= 0.6 is 0 Å². The van der Waals surface area contributed by atoms with Crippen LogP contribution in [0.3, 0.4) is 0 Å². The minimum Gasteiger partial charge on any atom is -0.392 e. The Hall–Kier alpha value is -3.93. The van der Waals surface area contributed by atoms with Crippen LogP contribution < -0.4 is 9.62 Å². The SMILES string of the molecule is Cc1c(NC2CCN([C@H](C)c3ccccc3)CC2)cnc(S(=O)(=O)N(Cc2ccc(CO)cc2)c2cccc(F)n2)c1F. The van der Waals surface area contributed by atoms with E-state index in [0.717, 1.165) is 36.3 Å². The Balaban J connectivity index is 1.35. The van der Waals surface area contributed by atoms with Gasteiger partial charge in [-0.2, -0.15) is 12.8 Å². The van der Waals surface area contributed by atoms with Gasteiger partial charge in [0.2, 0.25) is 11.0 Å². The normalized spacial score (nSPS) is 15.3. The smallest absolute Gasteiger partial charge is 0.286 e. The number of hydrogen-bond acceptors (Lipinski definition) is 7. The van der Waals surface area contributed by atoms with E-state index in [4.69, 9.17) is 0 Å². The van der Waals surface area contributed by atoms with Crippen LogP contribution in [0, 0.1) is 18.7 Å². The van der Waals surface area contributed by atoms with E-state index in [9.17, 15) is 17.9 Å². The van der Waals surface area contributed by atoms with Crippen LogP contribution in [-0.2, 0) is 23.2 Å². The van der Waals surface area contributed by atoms with Gasteiger partial charge in [0.1, 0.15) is 5.82 Å². The molecule has 0 saturated carbocycles. The Labute approximate surface area is 251 Å². The van der Waals surface area contributed by atoms with Crippen LogP contribution in [0.15, 0.2) is 84.0 Å². The first-order valence-corrected chi connectivity index (χ1v) is 15.7. The number of nitrogens with zero attached hydrogens (tertiary/aromatic N) is 4. The third kappa shape index (κ3) is 6.84. The molecule has 5 rings (SSSR count). The van der Waals surface area contributed by atoms with Crippen molar-refractivity contribution < 1.29 is 22.3 Å². The number of aliphatic hydroxyl groups excluding tert-OH is 1. The summed E-state index contributed by atoms with van der Waals surface area (Å²) in [5.41, 5.74) is 3.01. The van der Waals surface area contributed by atoms with Crippen LogP contribution in [0.2, 0.25) is 0 Å². The first-order valence-electron chi connectivity index (χ1n) is 14.2. The molecule has 0 spiro atoms. The van der Waals surface area contributed by atoms with Crippen LogP contribution in [0.4, 0.5) is 20.3 Å². The topological polar surface area (TPSA) is 98.7 Å². The zero-order chi connectivity index (χ0) is 30.6. The second-order valence-corrected chi connectivity index (χ2v) is 12.5. The van der Waals surface area contributed by atoms with E-state index < -0.39 is 26.8 Å². The lowest BCUT2D eigenvalue weighted by Gasteiger charge is -2.37. The van der Waals surface area contributed by atoms with Gasteiger partial charge >= 0.3 is 0 Å². The van der Waals surface area contributed by atoms with Gasteiger partial charge in [0.15, 0.2) is 5.82 Å². The summed E-state index contributed by atoms with van der Waals surface area (Å²) in [5, 5.41) is 11.9. The zero-order valence-corrected chi connectivity index (χ0v) is 24.9. The first kappa shape index (κ1) is 30.5. The molecule has 0 unspecified atom stereocenters. The predicted octanol–water partition coefficient (Wildman–Crippen LogP) is 5.59. The number of sulfonamides is 1. The van der Waals surface area contributed by atoms with E-state index in [-0.39, 0.29) is 36.6 Å². The molecule has 2 aromatic heterocycles. The van der Waals surface area contributed by atoms with Gasteiger partial charge in [-0.05, 0) is 55.5 Å². The molecule has 0 bridgehead atoms. The van der Waals surface area contributed by atoms with Crippen molar-refractivity contribution in [2.45, 2.75) is 57.0 Å². The molecule has 0 amide bonds. The molecule has 11 heteroatoms. The molecule has 1 saturated heterocycles. The van der Waals surface area contributed by atoms with Crippen LogP contribution in [0.1, 0.15) is 48.1 Å². The summed E-state index contributed by atoms with van der Waals surface area (Å²) in [6.45, 7) is 5.02. The lowest BCUT2D eigenvalue weighted by Crippen LogP contribution is -2.40. The highest BCUT2D eigenvalue weighted by molar-refractivity contribution is 7.92. The molecular weight excluding hydrogens is 572 g/mol. The fourth-order valence-corrected chi connectivity index (χ4v) is 6.76. The molecule has 1 fully saturated rings. The number of halogens is 2. The average molecular weight is 608 g/mol. The number of piperidine rings is 1. The zero-order valence-electron chi connectivity index (χ0n) is 24.1. The maximum atomic E-state index is 15.8. The van der Waals surface area contributed by atoms with E-state index in [1.807, 2.05) is 18.2 Å². The molecule has 2 aromatic carbocycles. The number of rotatable bonds is 10. The number of pyridine rings is 2. The largest absolute Gasteiger partial charge is 0.392 e. The molecule has 8 nitrogen and oxygen atoms in total. The number of anilines is 2. The predicted molar refractivity (Wildman–Crippen MR) is 162 cm³/mol. The van der Waals surface area contributed by atoms with Gasteiger partial charge in [0, 0.05) is 30.7 Å². The van der Waals surface area contributed by atoms with Crippen molar-refractivity contribution in [1.29, 1.82) is 0 Å². The molecule has 4 aromatic rings. The summed E-state index contributed by atoms with van der Waals surface area (Å²) < 4.78 is 58.4. The van der Waals surface area contributed by atoms with E-state index >= 15 is 4.39 Å². The quantitative estimate of drug-likeness (QED) is 0.227. The van der Waals surface area contributed by atoms with Crippen molar-refractivity contribution >= 4 is 21.5 Å². The highest BCUT2D eigenvalue weighted by Gasteiger charge is 2.33. The summed E-state index contributed by atoms with van der Waals surface area (Å²) in [6.07, 6.45) is 3.02. The van der Waals surface area contributed by atoms with Crippen LogP contribution in [0.25, 0.3) is 0 Å². The summed E-state index contributed by atoms with van der Waals surface area (Å²) in [5.74, 6) is -2.05. The molecule has 43 heavy (non-hydrogen) atoms. The van der Waals surface area contributed by atoms with E-state index in [2.05, 4.69) is 39.2 Å². The maximum absolute atomic E-state index is 15.8. The Bertz CT molecular complexity index is 1650. The summed E-state index contributed by atoms with van der Waals surface area (Å²) in [6, 6.07) is 21.1. The van der Waals surface area contributed by atoms with Crippen molar-refractivity contribution in [3.63, 3.8) is 0 Å². The minimum atomic E-state index is -4.60. The van der Waals surface area contributed by atoms with Crippen molar-refractivity contribution in [3.05, 3.63) is 113 Å². The lowest BCUT2D eigenvalue weighted by molar-refractivity contribution is 0.167. The van der Waals surface area contributed by atoms with Gasteiger partial charge in [-0.3, -0.25) is 4.90 Å². The van der Waals surface area contributed by atoms with Crippen molar-refractivity contribution in [1.82, 2.24) is 14.9 Å². The standard InChI is InChI=1S/C32H35F2N5O3S/c1-22-28(36-27-15-17-38(18-16-27)23(2)26-7-4-3-5-8-26)19-35-32(31(22)34)43(41,42)39(30-10-6-9-29(33)37-30)20-24-11-13-25(21-40)14-12-24/h3-14,19,23,27,36,40H,15-18,20-21H2,1-2H3/t23-/m1/s1. The van der Waals surface area contributed by atoms with E-state index in [1.54, 1.807) is 24.3 Å². The Morgan fingerprint density at radius 3 is 2.33 bits per heavy atom. The molecule has 2 N–H and O–H groups in total. The van der Waals surface area contributed by atoms with Crippen molar-refractivity contribution in [2.24, 2.45) is 0 Å². The molecule has 226 valence electrons. The highest BCUT2D eigenvalue weighted by atomic mass is 32.2. The number of hydrogen-bond donors (Lipinski definition) is 2. The van der Waals surface area contributed by atoms with Gasteiger partial charge in [-0.25, -0.2) is 18.7 Å². The monoisotopic (exact) mass is 607 g/mol. The molecule has 1 aliphatic heterocycles. The molecular formula is C32H35F2N5O3S. The van der Waals surface area contributed by atoms with E-state index in [1.165, 1.54) is 30.8 Å². The fourth-order valence-electron chi connectivity index (χ4n) is 5.32. The molecule has 3 heterocycles. The average Bonchev–Trinajstić information content (AvgIpc) is 3.02. The van der Waals surface area contributed by atoms with Crippen molar-refractivity contribution in [2.75, 3.05) is 22.7 Å². The number of aromatic nitrogens is 2. The second kappa shape index (κ2) is 13.2. The van der Waals surface area contributed by atoms with Gasteiger partial charge in [0.05, 0.1) is 25.0 Å². The number of nitrogens with one attached hydrogen (secondary N) is 1. The summed E-state index contributed by atoms with van der Waals surface area (Å²) >= 11 is 0. The van der Waals surface area contributed by atoms with Crippen LogP contribution in [-0.4, -0.2) is 47.5 Å². The highest BCUT2D eigenvalue weighted by Crippen LogP contribution is 2.31. The molecule has 0 aliphatic carbocycles. The third-order valence-electron chi connectivity index (χ3n) is 7.97. The number of aliphatic hydroxyl groups is 1.